The van der Waals surface area contributed by atoms with Crippen molar-refractivity contribution < 1.29 is 9.53 Å². The van der Waals surface area contributed by atoms with E-state index in [1.54, 1.807) is 6.07 Å². The van der Waals surface area contributed by atoms with Crippen LogP contribution in [0.3, 0.4) is 0 Å². The molecule has 3 nitrogen and oxygen atoms in total. The number of benzene rings is 1. The van der Waals surface area contributed by atoms with Crippen LogP contribution < -0.4 is 5.73 Å². The summed E-state index contributed by atoms with van der Waals surface area (Å²) in [5.74, 6) is 0.215. The quantitative estimate of drug-likeness (QED) is 0.634. The van der Waals surface area contributed by atoms with Crippen LogP contribution in [0.1, 0.15) is 36.2 Å². The average Bonchev–Trinajstić information content (AvgIpc) is 2.28. The normalized spacial score (nSPS) is 10.4. The molecular formula is C14H19NO2S. The zero-order valence-electron chi connectivity index (χ0n) is 10.8. The molecule has 1 aromatic rings. The Morgan fingerprint density at radius 2 is 2.06 bits per heavy atom. The highest BCUT2D eigenvalue weighted by Crippen LogP contribution is 2.12. The van der Waals surface area contributed by atoms with Gasteiger partial charge in [-0.2, -0.15) is 0 Å². The number of thiocarbonyl (C=S) groups is 1. The molecule has 4 heteroatoms. The fraction of sp³-hybridized carbons (Fsp3) is 0.429. The second kappa shape index (κ2) is 7.11. The van der Waals surface area contributed by atoms with Crippen molar-refractivity contribution in [3.05, 3.63) is 35.4 Å². The number of ether oxygens (including phenoxy) is 1. The summed E-state index contributed by atoms with van der Waals surface area (Å²) >= 11 is 4.87. The molecule has 1 aromatic carbocycles. The fourth-order valence-corrected chi connectivity index (χ4v) is 1.68. The standard InChI is InChI=1S/C14H19NO2S/c1-10(2)7-8-17-14(16)12-6-4-3-5-11(12)9-13(15)18/h3-6,10H,7-9H2,1-2H3,(H2,15,18). The Bertz CT molecular complexity index is 430. The number of hydrogen-bond acceptors (Lipinski definition) is 3. The first kappa shape index (κ1) is 14.6. The summed E-state index contributed by atoms with van der Waals surface area (Å²) in [4.78, 5) is 12.3. The maximum absolute atomic E-state index is 11.9. The third-order valence-corrected chi connectivity index (χ3v) is 2.67. The Morgan fingerprint density at radius 3 is 2.67 bits per heavy atom. The number of esters is 1. The highest BCUT2D eigenvalue weighted by atomic mass is 32.1. The fourth-order valence-electron chi connectivity index (χ4n) is 1.53. The van der Waals surface area contributed by atoms with Crippen molar-refractivity contribution in [2.45, 2.75) is 26.7 Å². The first-order chi connectivity index (χ1) is 8.50. The first-order valence-electron chi connectivity index (χ1n) is 6.04. The monoisotopic (exact) mass is 265 g/mol. The van der Waals surface area contributed by atoms with E-state index in [9.17, 15) is 4.79 Å². The number of carbonyl (C=O) groups excluding carboxylic acids is 1. The van der Waals surface area contributed by atoms with Gasteiger partial charge < -0.3 is 10.5 Å². The molecule has 0 saturated heterocycles. The van der Waals surface area contributed by atoms with Gasteiger partial charge in [0, 0.05) is 6.42 Å². The molecule has 0 amide bonds. The molecule has 0 aromatic heterocycles. The van der Waals surface area contributed by atoms with Crippen molar-refractivity contribution in [2.75, 3.05) is 6.61 Å². The molecular weight excluding hydrogens is 246 g/mol. The van der Waals surface area contributed by atoms with E-state index in [1.807, 2.05) is 18.2 Å². The molecule has 0 atom stereocenters. The van der Waals surface area contributed by atoms with E-state index in [-0.39, 0.29) is 5.97 Å². The summed E-state index contributed by atoms with van der Waals surface area (Å²) < 4.78 is 5.24. The first-order valence-corrected chi connectivity index (χ1v) is 6.45. The molecule has 0 fully saturated rings. The minimum atomic E-state index is -0.303. The lowest BCUT2D eigenvalue weighted by molar-refractivity contribution is 0.0487. The summed E-state index contributed by atoms with van der Waals surface area (Å²) in [5.41, 5.74) is 6.88. The molecule has 0 spiro atoms. The minimum Gasteiger partial charge on any atom is -0.462 e. The van der Waals surface area contributed by atoms with E-state index < -0.39 is 0 Å². The third kappa shape index (κ3) is 4.84. The molecule has 98 valence electrons. The molecule has 18 heavy (non-hydrogen) atoms. The molecule has 0 radical (unpaired) electrons. The molecule has 0 aliphatic heterocycles. The molecule has 0 aliphatic rings. The number of rotatable bonds is 6. The Labute approximate surface area is 113 Å². The topological polar surface area (TPSA) is 52.3 Å². The van der Waals surface area contributed by atoms with Crippen molar-refractivity contribution in [1.29, 1.82) is 0 Å². The number of hydrogen-bond donors (Lipinski definition) is 1. The second-order valence-corrected chi connectivity index (χ2v) is 5.14. The van der Waals surface area contributed by atoms with Gasteiger partial charge in [-0.3, -0.25) is 0 Å². The predicted molar refractivity (Wildman–Crippen MR) is 76.7 cm³/mol. The summed E-state index contributed by atoms with van der Waals surface area (Å²) in [5, 5.41) is 0. The SMILES string of the molecule is CC(C)CCOC(=O)c1ccccc1CC(N)=S. The Kier molecular flexibility index (Phi) is 5.78. The van der Waals surface area contributed by atoms with Crippen LogP contribution in [0.4, 0.5) is 0 Å². The zero-order chi connectivity index (χ0) is 13.5. The van der Waals surface area contributed by atoms with Gasteiger partial charge in [0.2, 0.25) is 0 Å². The van der Waals surface area contributed by atoms with Crippen LogP contribution in [-0.2, 0) is 11.2 Å². The number of carbonyl (C=O) groups is 1. The van der Waals surface area contributed by atoms with Crippen molar-refractivity contribution in [3.63, 3.8) is 0 Å². The van der Waals surface area contributed by atoms with Crippen LogP contribution in [0.15, 0.2) is 24.3 Å². The smallest absolute Gasteiger partial charge is 0.338 e. The summed E-state index contributed by atoms with van der Waals surface area (Å²) in [6, 6.07) is 7.25. The van der Waals surface area contributed by atoms with E-state index in [0.29, 0.717) is 29.5 Å². The van der Waals surface area contributed by atoms with Gasteiger partial charge in [-0.15, -0.1) is 0 Å². The minimum absolute atomic E-state index is 0.303. The van der Waals surface area contributed by atoms with Crippen LogP contribution >= 0.6 is 12.2 Å². The highest BCUT2D eigenvalue weighted by Gasteiger charge is 2.12. The summed E-state index contributed by atoms with van der Waals surface area (Å²) in [6.07, 6.45) is 1.29. The molecule has 1 rings (SSSR count). The molecule has 0 bridgehead atoms. The maximum atomic E-state index is 11.9. The van der Waals surface area contributed by atoms with Crippen molar-refractivity contribution >= 4 is 23.2 Å². The van der Waals surface area contributed by atoms with Gasteiger partial charge in [-0.25, -0.2) is 4.79 Å². The van der Waals surface area contributed by atoms with Gasteiger partial charge in [-0.1, -0.05) is 44.3 Å². The van der Waals surface area contributed by atoms with Gasteiger partial charge in [-0.05, 0) is 24.0 Å². The van der Waals surface area contributed by atoms with Gasteiger partial charge in [0.05, 0.1) is 17.2 Å². The van der Waals surface area contributed by atoms with Crippen molar-refractivity contribution in [2.24, 2.45) is 11.7 Å². The maximum Gasteiger partial charge on any atom is 0.338 e. The van der Waals surface area contributed by atoms with E-state index in [4.69, 9.17) is 22.7 Å². The molecule has 2 N–H and O–H groups in total. The summed E-state index contributed by atoms with van der Waals surface area (Å²) in [6.45, 7) is 4.63. The van der Waals surface area contributed by atoms with Gasteiger partial charge in [0.1, 0.15) is 0 Å². The van der Waals surface area contributed by atoms with Crippen molar-refractivity contribution in [1.82, 2.24) is 0 Å². The Morgan fingerprint density at radius 1 is 1.39 bits per heavy atom. The second-order valence-electron chi connectivity index (χ2n) is 4.62. The number of nitrogens with two attached hydrogens (primary N) is 1. The Balaban J connectivity index is 2.69. The van der Waals surface area contributed by atoms with Crippen molar-refractivity contribution in [3.8, 4) is 0 Å². The molecule has 0 aliphatic carbocycles. The van der Waals surface area contributed by atoms with Crippen LogP contribution in [0.25, 0.3) is 0 Å². The summed E-state index contributed by atoms with van der Waals surface area (Å²) in [7, 11) is 0. The molecule has 0 unspecified atom stereocenters. The van der Waals surface area contributed by atoms with Crippen LogP contribution in [-0.4, -0.2) is 17.6 Å². The van der Waals surface area contributed by atoms with Gasteiger partial charge >= 0.3 is 5.97 Å². The molecule has 0 heterocycles. The third-order valence-electron chi connectivity index (χ3n) is 2.53. The largest absolute Gasteiger partial charge is 0.462 e. The van der Waals surface area contributed by atoms with Gasteiger partial charge in [0.25, 0.3) is 0 Å². The highest BCUT2D eigenvalue weighted by molar-refractivity contribution is 7.80. The van der Waals surface area contributed by atoms with E-state index >= 15 is 0 Å². The lowest BCUT2D eigenvalue weighted by atomic mass is 10.0. The lowest BCUT2D eigenvalue weighted by Gasteiger charge is -2.10. The van der Waals surface area contributed by atoms with Crippen LogP contribution in [0, 0.1) is 5.92 Å². The van der Waals surface area contributed by atoms with E-state index in [0.717, 1.165) is 12.0 Å². The molecule has 0 saturated carbocycles. The predicted octanol–water partition coefficient (Wildman–Crippen LogP) is 2.72. The van der Waals surface area contributed by atoms with E-state index in [2.05, 4.69) is 13.8 Å². The van der Waals surface area contributed by atoms with Crippen LogP contribution in [0.5, 0.6) is 0 Å². The van der Waals surface area contributed by atoms with Gasteiger partial charge in [0.15, 0.2) is 0 Å². The van der Waals surface area contributed by atoms with E-state index in [1.165, 1.54) is 0 Å². The lowest BCUT2D eigenvalue weighted by Crippen LogP contribution is -2.16. The zero-order valence-corrected chi connectivity index (χ0v) is 11.6. The average molecular weight is 265 g/mol. The van der Waals surface area contributed by atoms with Crippen LogP contribution in [0.2, 0.25) is 0 Å². The Hall–Kier alpha value is -1.42.